The number of carboxylic acid groups (broad SMARTS) is 1. The number of thioether (sulfide) groups is 1. The number of carboxylic acids is 1. The first kappa shape index (κ1) is 24.7. The van der Waals surface area contributed by atoms with Crippen molar-refractivity contribution in [2.45, 2.75) is 43.5 Å². The molecule has 11 heteroatoms. The summed E-state index contributed by atoms with van der Waals surface area (Å²) in [6.07, 6.45) is 2.40. The van der Waals surface area contributed by atoms with Gasteiger partial charge in [-0.25, -0.2) is 4.39 Å². The highest BCUT2D eigenvalue weighted by Gasteiger charge is 2.29. The zero-order valence-corrected chi connectivity index (χ0v) is 19.4. The lowest BCUT2D eigenvalue weighted by Gasteiger charge is -2.26. The molecule has 0 spiro atoms. The van der Waals surface area contributed by atoms with E-state index in [0.717, 1.165) is 6.07 Å². The molecule has 1 saturated carbocycles. The molecule has 0 radical (unpaired) electrons. The Morgan fingerprint density at radius 1 is 1.12 bits per heavy atom. The van der Waals surface area contributed by atoms with Crippen LogP contribution in [-0.2, 0) is 9.59 Å². The molecule has 1 atom stereocenters. The maximum Gasteiger partial charge on any atom is 0.306 e. The van der Waals surface area contributed by atoms with Crippen molar-refractivity contribution in [3.8, 4) is 5.75 Å². The molecule has 32 heavy (non-hydrogen) atoms. The topological polar surface area (TPSA) is 105 Å². The highest BCUT2D eigenvalue weighted by atomic mass is 35.5. The predicted octanol–water partition coefficient (Wildman–Crippen LogP) is 3.85. The molecule has 0 bridgehead atoms. The number of carbonyl (C=O) groups is 3. The van der Waals surface area contributed by atoms with Gasteiger partial charge in [0.1, 0.15) is 11.6 Å². The molecular weight excluding hydrogens is 482 g/mol. The fraction of sp³-hybridized carbons (Fsp3) is 0.476. The van der Waals surface area contributed by atoms with Crippen molar-refractivity contribution >= 4 is 52.7 Å². The van der Waals surface area contributed by atoms with Crippen LogP contribution in [0.1, 0.15) is 42.5 Å². The molecule has 1 fully saturated rings. The molecule has 1 aromatic carbocycles. The highest BCUT2D eigenvalue weighted by molar-refractivity contribution is 8.06. The first-order valence-electron chi connectivity index (χ1n) is 10.2. The Morgan fingerprint density at radius 3 is 2.41 bits per heavy atom. The van der Waals surface area contributed by atoms with Crippen LogP contribution in [0, 0.1) is 11.7 Å². The third-order valence-electron chi connectivity index (χ3n) is 5.34. The van der Waals surface area contributed by atoms with Gasteiger partial charge in [0.15, 0.2) is 0 Å². The minimum atomic E-state index is -0.798. The van der Waals surface area contributed by atoms with Crippen molar-refractivity contribution in [1.29, 1.82) is 0 Å². The van der Waals surface area contributed by atoms with Gasteiger partial charge in [-0.3, -0.25) is 14.4 Å². The summed E-state index contributed by atoms with van der Waals surface area (Å²) >= 11 is 13.0. The molecule has 0 aromatic heterocycles. The predicted molar refractivity (Wildman–Crippen MR) is 120 cm³/mol. The van der Waals surface area contributed by atoms with Crippen molar-refractivity contribution in [2.24, 2.45) is 5.92 Å². The van der Waals surface area contributed by atoms with Gasteiger partial charge >= 0.3 is 5.97 Å². The van der Waals surface area contributed by atoms with Crippen LogP contribution in [0.2, 0.25) is 0 Å². The number of amides is 2. The number of hydrogen-bond acceptors (Lipinski definition) is 5. The van der Waals surface area contributed by atoms with Crippen molar-refractivity contribution in [1.82, 2.24) is 10.6 Å². The monoisotopic (exact) mass is 504 g/mol. The van der Waals surface area contributed by atoms with Crippen LogP contribution in [0.3, 0.4) is 0 Å². The number of carbonyl (C=O) groups excluding carboxylic acids is 2. The summed E-state index contributed by atoms with van der Waals surface area (Å²) in [6, 6.07) is 4.00. The second-order valence-electron chi connectivity index (χ2n) is 7.61. The first-order valence-corrected chi connectivity index (χ1v) is 11.8. The average molecular weight is 505 g/mol. The van der Waals surface area contributed by atoms with E-state index in [1.54, 1.807) is 0 Å². The Labute approximate surface area is 199 Å². The fourth-order valence-electron chi connectivity index (χ4n) is 3.56. The number of allylic oxidation sites excluding steroid dienone is 1. The van der Waals surface area contributed by atoms with E-state index >= 15 is 0 Å². The van der Waals surface area contributed by atoms with Gasteiger partial charge in [-0.05, 0) is 37.8 Å². The van der Waals surface area contributed by atoms with E-state index in [1.165, 1.54) is 23.9 Å². The van der Waals surface area contributed by atoms with Gasteiger partial charge in [0, 0.05) is 30.6 Å². The maximum absolute atomic E-state index is 14.4. The zero-order valence-electron chi connectivity index (χ0n) is 17.0. The van der Waals surface area contributed by atoms with Gasteiger partial charge in [-0.1, -0.05) is 35.0 Å². The standard InChI is InChI=1S/C21H23Cl2FN2O5S/c22-15-10-17(32-18(15)23)20(28)26-8-7-25-19(27)14-6-5-13(9-16(14)24)31-12-3-1-11(2-4-12)21(29)30/h5-6,9,11-12,17H,1-4,7-8,10H2,(H,25,27)(H,26,28)(H,29,30)/t11-,12+,17?. The fourth-order valence-corrected chi connectivity index (χ4v) is 5.24. The molecule has 3 rings (SSSR count). The second-order valence-corrected chi connectivity index (χ2v) is 9.88. The Kier molecular flexibility index (Phi) is 8.67. The Hall–Kier alpha value is -1.97. The minimum absolute atomic E-state index is 0.126. The van der Waals surface area contributed by atoms with Crippen molar-refractivity contribution in [2.75, 3.05) is 13.1 Å². The number of halogens is 3. The van der Waals surface area contributed by atoms with Gasteiger partial charge in [0.25, 0.3) is 5.91 Å². The minimum Gasteiger partial charge on any atom is -0.490 e. The highest BCUT2D eigenvalue weighted by Crippen LogP contribution is 2.41. The largest absolute Gasteiger partial charge is 0.490 e. The van der Waals surface area contributed by atoms with E-state index in [4.69, 9.17) is 33.0 Å². The van der Waals surface area contributed by atoms with Crippen molar-refractivity contribution < 1.29 is 28.6 Å². The van der Waals surface area contributed by atoms with Crippen LogP contribution >= 0.6 is 35.0 Å². The van der Waals surface area contributed by atoms with E-state index in [0.29, 0.717) is 47.3 Å². The molecule has 0 saturated heterocycles. The number of nitrogens with one attached hydrogen (secondary N) is 2. The molecular formula is C21H23Cl2FN2O5S. The van der Waals surface area contributed by atoms with Crippen LogP contribution in [0.25, 0.3) is 0 Å². The van der Waals surface area contributed by atoms with Gasteiger partial charge < -0.3 is 20.5 Å². The lowest BCUT2D eigenvalue weighted by molar-refractivity contribution is -0.143. The van der Waals surface area contributed by atoms with Crippen LogP contribution < -0.4 is 15.4 Å². The molecule has 2 aliphatic rings. The molecule has 1 aliphatic heterocycles. The number of ether oxygens (including phenoxy) is 1. The van der Waals surface area contributed by atoms with E-state index in [-0.39, 0.29) is 36.6 Å². The third-order valence-corrected chi connectivity index (χ3v) is 7.50. The van der Waals surface area contributed by atoms with Crippen LogP contribution in [0.15, 0.2) is 27.6 Å². The van der Waals surface area contributed by atoms with Crippen molar-refractivity contribution in [3.63, 3.8) is 0 Å². The van der Waals surface area contributed by atoms with E-state index in [9.17, 15) is 18.8 Å². The van der Waals surface area contributed by atoms with Crippen LogP contribution in [0.4, 0.5) is 4.39 Å². The smallest absolute Gasteiger partial charge is 0.306 e. The molecule has 3 N–H and O–H groups in total. The Balaban J connectivity index is 1.41. The molecule has 1 unspecified atom stereocenters. The van der Waals surface area contributed by atoms with E-state index < -0.39 is 22.9 Å². The number of aliphatic carboxylic acids is 1. The summed E-state index contributed by atoms with van der Waals surface area (Å²) in [5.74, 6) is -2.42. The van der Waals surface area contributed by atoms with Crippen LogP contribution in [-0.4, -0.2) is 47.3 Å². The summed E-state index contributed by atoms with van der Waals surface area (Å²) < 4.78 is 20.6. The molecule has 2 amide bonds. The summed E-state index contributed by atoms with van der Waals surface area (Å²) in [6.45, 7) is 0.306. The van der Waals surface area contributed by atoms with Crippen LogP contribution in [0.5, 0.6) is 5.75 Å². The summed E-state index contributed by atoms with van der Waals surface area (Å²) in [5.41, 5.74) is -0.132. The lowest BCUT2D eigenvalue weighted by atomic mass is 9.87. The number of rotatable bonds is 8. The second kappa shape index (κ2) is 11.2. The average Bonchev–Trinajstić information content (AvgIpc) is 3.10. The van der Waals surface area contributed by atoms with Gasteiger partial charge in [0.05, 0.1) is 27.2 Å². The normalized spacial score (nSPS) is 23.0. The van der Waals surface area contributed by atoms with Crippen molar-refractivity contribution in [3.05, 3.63) is 39.0 Å². The molecule has 1 aromatic rings. The third kappa shape index (κ3) is 6.52. The SMILES string of the molecule is O=C(NCCNC(=O)C1CC(Cl)=C(Cl)S1)c1ccc(O[C@H]2CC[C@@H](C(=O)O)CC2)cc1F. The van der Waals surface area contributed by atoms with E-state index in [1.807, 2.05) is 0 Å². The quantitative estimate of drug-likeness (QED) is 0.464. The van der Waals surface area contributed by atoms with E-state index in [2.05, 4.69) is 10.6 Å². The van der Waals surface area contributed by atoms with Gasteiger partial charge in [0.2, 0.25) is 5.91 Å². The van der Waals surface area contributed by atoms with Gasteiger partial charge in [-0.2, -0.15) is 0 Å². The zero-order chi connectivity index (χ0) is 23.3. The molecule has 1 aliphatic carbocycles. The van der Waals surface area contributed by atoms with Gasteiger partial charge in [-0.15, -0.1) is 0 Å². The Bertz CT molecular complexity index is 907. The summed E-state index contributed by atoms with van der Waals surface area (Å²) in [5, 5.41) is 14.4. The molecule has 7 nitrogen and oxygen atoms in total. The molecule has 174 valence electrons. The number of benzene rings is 1. The number of hydrogen-bond donors (Lipinski definition) is 3. The lowest BCUT2D eigenvalue weighted by Crippen LogP contribution is -2.38. The first-order chi connectivity index (χ1) is 15.2. The maximum atomic E-state index is 14.4. The molecule has 1 heterocycles. The Morgan fingerprint density at radius 2 is 1.81 bits per heavy atom. The summed E-state index contributed by atoms with van der Waals surface area (Å²) in [7, 11) is 0. The summed E-state index contributed by atoms with van der Waals surface area (Å²) in [4.78, 5) is 35.3.